The van der Waals surface area contributed by atoms with E-state index in [0.29, 0.717) is 17.1 Å². The number of alkyl halides is 3. The average molecular weight is 475 g/mol. The summed E-state index contributed by atoms with van der Waals surface area (Å²) >= 11 is 0. The number of halogens is 4. The third-order valence-electron chi connectivity index (χ3n) is 5.92. The number of aromatic nitrogens is 3. The van der Waals surface area contributed by atoms with Crippen molar-refractivity contribution in [2.45, 2.75) is 39.0 Å². The number of likely N-dealkylation sites (tertiary alicyclic amines) is 1. The van der Waals surface area contributed by atoms with E-state index in [1.807, 2.05) is 24.3 Å². The lowest BCUT2D eigenvalue weighted by Crippen LogP contribution is -2.34. The van der Waals surface area contributed by atoms with Crippen molar-refractivity contribution in [1.29, 1.82) is 0 Å². The minimum absolute atomic E-state index is 0.0543. The molecule has 180 valence electrons. The van der Waals surface area contributed by atoms with Gasteiger partial charge >= 0.3 is 6.18 Å². The standard InChI is InChI=1S/C24H25F4N5O/c1-16-5-4-12-32(14-16)15-18-7-3-2-6-17(18)13-29-23(34)21-22(24(26,27)28)33(31-30-21)20-10-8-19(25)9-11-20/h2-3,6-11,16H,4-5,12-15H2,1H3,(H,29,34). The van der Waals surface area contributed by atoms with E-state index in [4.69, 9.17) is 0 Å². The van der Waals surface area contributed by atoms with Crippen LogP contribution in [0.2, 0.25) is 0 Å². The number of carbonyl (C=O) groups excluding carboxylic acids is 1. The van der Waals surface area contributed by atoms with Gasteiger partial charge in [0, 0.05) is 19.6 Å². The van der Waals surface area contributed by atoms with Crippen molar-refractivity contribution in [1.82, 2.24) is 25.2 Å². The molecule has 0 aliphatic carbocycles. The van der Waals surface area contributed by atoms with Gasteiger partial charge in [-0.15, -0.1) is 5.10 Å². The first-order valence-electron chi connectivity index (χ1n) is 11.1. The number of rotatable bonds is 6. The predicted octanol–water partition coefficient (Wildman–Crippen LogP) is 4.59. The van der Waals surface area contributed by atoms with E-state index in [0.717, 1.165) is 54.9 Å². The van der Waals surface area contributed by atoms with Gasteiger partial charge < -0.3 is 5.32 Å². The van der Waals surface area contributed by atoms with E-state index in [1.165, 1.54) is 6.42 Å². The van der Waals surface area contributed by atoms with Crippen molar-refractivity contribution < 1.29 is 22.4 Å². The van der Waals surface area contributed by atoms with E-state index < -0.39 is 29.3 Å². The van der Waals surface area contributed by atoms with Gasteiger partial charge in [0.05, 0.1) is 5.69 Å². The predicted molar refractivity (Wildman–Crippen MR) is 118 cm³/mol. The Hall–Kier alpha value is -3.27. The van der Waals surface area contributed by atoms with Crippen LogP contribution in [0.5, 0.6) is 0 Å². The molecule has 1 atom stereocenters. The Morgan fingerprint density at radius 3 is 2.50 bits per heavy atom. The highest BCUT2D eigenvalue weighted by atomic mass is 19.4. The summed E-state index contributed by atoms with van der Waals surface area (Å²) in [5.41, 5.74) is -0.357. The maximum absolute atomic E-state index is 13.8. The molecule has 0 bridgehead atoms. The Morgan fingerprint density at radius 1 is 1.12 bits per heavy atom. The molecule has 1 N–H and O–H groups in total. The topological polar surface area (TPSA) is 63.1 Å². The van der Waals surface area contributed by atoms with Gasteiger partial charge in [-0.3, -0.25) is 9.69 Å². The highest BCUT2D eigenvalue weighted by Gasteiger charge is 2.42. The molecule has 1 amide bonds. The fourth-order valence-electron chi connectivity index (χ4n) is 4.27. The van der Waals surface area contributed by atoms with Gasteiger partial charge in [0.25, 0.3) is 5.91 Å². The lowest BCUT2D eigenvalue weighted by atomic mass is 9.99. The number of nitrogens with one attached hydrogen (secondary N) is 1. The van der Waals surface area contributed by atoms with Gasteiger partial charge in [0.2, 0.25) is 0 Å². The molecule has 6 nitrogen and oxygen atoms in total. The van der Waals surface area contributed by atoms with Crippen molar-refractivity contribution in [2.24, 2.45) is 5.92 Å². The second kappa shape index (κ2) is 9.92. The Balaban J connectivity index is 1.52. The van der Waals surface area contributed by atoms with Gasteiger partial charge in [0.15, 0.2) is 11.4 Å². The minimum atomic E-state index is -4.90. The van der Waals surface area contributed by atoms with Crippen LogP contribution in [0.25, 0.3) is 5.69 Å². The van der Waals surface area contributed by atoms with Gasteiger partial charge in [-0.2, -0.15) is 13.2 Å². The summed E-state index contributed by atoms with van der Waals surface area (Å²) in [7, 11) is 0. The normalized spacial score (nSPS) is 17.0. The first-order valence-corrected chi connectivity index (χ1v) is 11.1. The number of carbonyl (C=O) groups is 1. The molecule has 4 rings (SSSR count). The van der Waals surface area contributed by atoms with Crippen LogP contribution in [0.3, 0.4) is 0 Å². The maximum Gasteiger partial charge on any atom is 0.435 e. The summed E-state index contributed by atoms with van der Waals surface area (Å²) in [6, 6.07) is 11.8. The van der Waals surface area contributed by atoms with Crippen LogP contribution in [0.1, 0.15) is 47.1 Å². The molecule has 1 aliphatic rings. The molecular weight excluding hydrogens is 450 g/mol. The van der Waals surface area contributed by atoms with Gasteiger partial charge in [-0.25, -0.2) is 9.07 Å². The summed E-state index contributed by atoms with van der Waals surface area (Å²) in [5.74, 6) is -0.972. The van der Waals surface area contributed by atoms with Gasteiger partial charge in [0.1, 0.15) is 5.82 Å². The van der Waals surface area contributed by atoms with Crippen LogP contribution in [0.15, 0.2) is 48.5 Å². The van der Waals surface area contributed by atoms with Gasteiger partial charge in [-0.05, 0) is 60.7 Å². The van der Waals surface area contributed by atoms with Crippen molar-refractivity contribution >= 4 is 5.91 Å². The number of benzene rings is 2. The fraction of sp³-hybridized carbons (Fsp3) is 0.375. The SMILES string of the molecule is CC1CCCN(Cc2ccccc2CNC(=O)c2nnn(-c3ccc(F)cc3)c2C(F)(F)F)C1. The summed E-state index contributed by atoms with van der Waals surface area (Å²) in [6.45, 7) is 4.97. The van der Waals surface area contributed by atoms with E-state index in [2.05, 4.69) is 27.5 Å². The number of nitrogens with zero attached hydrogens (tertiary/aromatic N) is 4. The van der Waals surface area contributed by atoms with E-state index in [-0.39, 0.29) is 12.2 Å². The molecule has 3 aromatic rings. The van der Waals surface area contributed by atoms with E-state index in [1.54, 1.807) is 0 Å². The largest absolute Gasteiger partial charge is 0.435 e. The zero-order valence-electron chi connectivity index (χ0n) is 18.6. The first kappa shape index (κ1) is 23.9. The smallest absolute Gasteiger partial charge is 0.346 e. The second-order valence-electron chi connectivity index (χ2n) is 8.61. The molecule has 10 heteroatoms. The van der Waals surface area contributed by atoms with Crippen LogP contribution in [0, 0.1) is 11.7 Å². The average Bonchev–Trinajstić information content (AvgIpc) is 3.25. The van der Waals surface area contributed by atoms with Crippen molar-refractivity contribution in [2.75, 3.05) is 13.1 Å². The van der Waals surface area contributed by atoms with Crippen LogP contribution in [0.4, 0.5) is 17.6 Å². The van der Waals surface area contributed by atoms with Gasteiger partial charge in [-0.1, -0.05) is 36.4 Å². The summed E-state index contributed by atoms with van der Waals surface area (Å²) in [6.07, 6.45) is -2.56. The summed E-state index contributed by atoms with van der Waals surface area (Å²) in [5, 5.41) is 9.57. The quantitative estimate of drug-likeness (QED) is 0.530. The van der Waals surface area contributed by atoms with Crippen molar-refractivity contribution in [3.63, 3.8) is 0 Å². The van der Waals surface area contributed by atoms with Crippen molar-refractivity contribution in [3.05, 3.63) is 76.9 Å². The number of hydrogen-bond donors (Lipinski definition) is 1. The molecule has 1 saturated heterocycles. The minimum Gasteiger partial charge on any atom is -0.346 e. The van der Waals surface area contributed by atoms with E-state index in [9.17, 15) is 22.4 Å². The Morgan fingerprint density at radius 2 is 1.82 bits per heavy atom. The summed E-state index contributed by atoms with van der Waals surface area (Å²) < 4.78 is 55.2. The van der Waals surface area contributed by atoms with Crippen molar-refractivity contribution in [3.8, 4) is 5.69 Å². The molecule has 1 unspecified atom stereocenters. The molecule has 0 saturated carbocycles. The van der Waals surface area contributed by atoms with Crippen LogP contribution < -0.4 is 5.32 Å². The lowest BCUT2D eigenvalue weighted by Gasteiger charge is -2.31. The molecule has 34 heavy (non-hydrogen) atoms. The number of amides is 1. The zero-order chi connectivity index (χ0) is 24.3. The van der Waals surface area contributed by atoms with E-state index >= 15 is 0 Å². The number of piperidine rings is 1. The fourth-order valence-corrected chi connectivity index (χ4v) is 4.27. The highest BCUT2D eigenvalue weighted by Crippen LogP contribution is 2.32. The number of hydrogen-bond acceptors (Lipinski definition) is 4. The zero-order valence-corrected chi connectivity index (χ0v) is 18.6. The third kappa shape index (κ3) is 5.44. The van der Waals surface area contributed by atoms with Crippen LogP contribution >= 0.6 is 0 Å². The highest BCUT2D eigenvalue weighted by molar-refractivity contribution is 5.93. The molecule has 2 aromatic carbocycles. The van der Waals surface area contributed by atoms with Crippen LogP contribution in [-0.2, 0) is 19.3 Å². The second-order valence-corrected chi connectivity index (χ2v) is 8.61. The first-order chi connectivity index (χ1) is 16.2. The Labute approximate surface area is 194 Å². The molecule has 1 aliphatic heterocycles. The Bertz CT molecular complexity index is 1140. The molecule has 0 spiro atoms. The monoisotopic (exact) mass is 475 g/mol. The molecular formula is C24H25F4N5O. The molecule has 1 fully saturated rings. The molecule has 1 aromatic heterocycles. The van der Waals surface area contributed by atoms with Crippen LogP contribution in [-0.4, -0.2) is 38.9 Å². The molecule has 2 heterocycles. The molecule has 0 radical (unpaired) electrons. The Kier molecular flexibility index (Phi) is 6.97. The lowest BCUT2D eigenvalue weighted by molar-refractivity contribution is -0.143. The third-order valence-corrected chi connectivity index (χ3v) is 5.92. The maximum atomic E-state index is 13.8. The summed E-state index contributed by atoms with van der Waals surface area (Å²) in [4.78, 5) is 15.1.